The third-order valence-corrected chi connectivity index (χ3v) is 5.42. The Balaban J connectivity index is 0. The SMILES string of the molecule is C=C(C(=C(C)C)C(O)(C(O)C(C)=O)C(F)(F)F)C(CCC)CCC.CC.Cc1ccc(C(F)(F)F)cn1. The summed E-state index contributed by atoms with van der Waals surface area (Å²) < 4.78 is 76.7. The van der Waals surface area contributed by atoms with E-state index in [1.807, 2.05) is 27.7 Å². The van der Waals surface area contributed by atoms with Gasteiger partial charge in [0.15, 0.2) is 11.9 Å². The molecule has 0 aliphatic heterocycles. The summed E-state index contributed by atoms with van der Waals surface area (Å²) in [7, 11) is 0. The van der Waals surface area contributed by atoms with Crippen molar-refractivity contribution < 1.29 is 41.4 Å². The minimum Gasteiger partial charge on any atom is -0.382 e. The van der Waals surface area contributed by atoms with Crippen molar-refractivity contribution in [2.75, 3.05) is 0 Å². The molecule has 1 aromatic heterocycles. The highest BCUT2D eigenvalue weighted by Crippen LogP contribution is 2.45. The second-order valence-corrected chi connectivity index (χ2v) is 8.64. The number of pyridine rings is 1. The summed E-state index contributed by atoms with van der Waals surface area (Å²) in [6.45, 7) is 16.9. The summed E-state index contributed by atoms with van der Waals surface area (Å²) in [5.74, 6) is -1.40. The van der Waals surface area contributed by atoms with Crippen molar-refractivity contribution in [3.05, 3.63) is 52.9 Å². The fourth-order valence-corrected chi connectivity index (χ4v) is 3.70. The van der Waals surface area contributed by atoms with E-state index in [1.54, 1.807) is 6.92 Å². The summed E-state index contributed by atoms with van der Waals surface area (Å²) in [4.78, 5) is 15.0. The molecule has 2 unspecified atom stereocenters. The summed E-state index contributed by atoms with van der Waals surface area (Å²) >= 11 is 0. The van der Waals surface area contributed by atoms with Crippen LogP contribution in [0.1, 0.15) is 85.4 Å². The Bertz CT molecular complexity index is 866. The standard InChI is InChI=1S/C18H29F3O3.C7H6F3N.C2H6/c1-7-9-14(10-8-2)12(5)15(11(3)4)17(24,18(19,20)21)16(23)13(6)22;1-5-2-3-6(4-11-5)7(8,9)10;1-2/h14,16,23-24H,5,7-10H2,1-4,6H3;2-4H,1H3;1-2H3. The lowest BCUT2D eigenvalue weighted by Crippen LogP contribution is -2.59. The Morgan fingerprint density at radius 1 is 1.00 bits per heavy atom. The number of allylic oxidation sites excluding steroid dienone is 1. The molecule has 1 aromatic rings. The van der Waals surface area contributed by atoms with E-state index in [0.29, 0.717) is 18.5 Å². The van der Waals surface area contributed by atoms with Crippen LogP contribution in [-0.4, -0.2) is 38.9 Å². The van der Waals surface area contributed by atoms with Gasteiger partial charge in [0.25, 0.3) is 0 Å². The molecule has 1 rings (SSSR count). The quantitative estimate of drug-likeness (QED) is 0.247. The van der Waals surface area contributed by atoms with Gasteiger partial charge in [0.2, 0.25) is 5.60 Å². The lowest BCUT2D eigenvalue weighted by molar-refractivity contribution is -0.269. The highest BCUT2D eigenvalue weighted by molar-refractivity contribution is 5.83. The zero-order valence-corrected chi connectivity index (χ0v) is 22.9. The fourth-order valence-electron chi connectivity index (χ4n) is 3.70. The van der Waals surface area contributed by atoms with Gasteiger partial charge in [-0.1, -0.05) is 52.7 Å². The molecular weight excluding hydrogens is 500 g/mol. The van der Waals surface area contributed by atoms with E-state index in [1.165, 1.54) is 19.9 Å². The first-order valence-electron chi connectivity index (χ1n) is 12.2. The van der Waals surface area contributed by atoms with Crippen LogP contribution in [0.25, 0.3) is 0 Å². The lowest BCUT2D eigenvalue weighted by atomic mass is 9.74. The lowest BCUT2D eigenvalue weighted by Gasteiger charge is -2.39. The number of carbonyl (C=O) groups excluding carboxylic acids is 1. The number of aryl methyl sites for hydroxylation is 1. The zero-order chi connectivity index (χ0) is 29.8. The van der Waals surface area contributed by atoms with Crippen LogP contribution >= 0.6 is 0 Å². The maximum atomic E-state index is 13.7. The van der Waals surface area contributed by atoms with Crippen LogP contribution in [0, 0.1) is 12.8 Å². The third-order valence-electron chi connectivity index (χ3n) is 5.42. The molecule has 214 valence electrons. The average Bonchev–Trinajstić information content (AvgIpc) is 2.78. The van der Waals surface area contributed by atoms with Gasteiger partial charge in [0.1, 0.15) is 0 Å². The Hall–Kier alpha value is -2.20. The van der Waals surface area contributed by atoms with Crippen LogP contribution in [0.4, 0.5) is 26.3 Å². The monoisotopic (exact) mass is 541 g/mol. The minimum atomic E-state index is -5.21. The first-order valence-corrected chi connectivity index (χ1v) is 12.2. The molecule has 0 spiro atoms. The molecule has 0 fully saturated rings. The molecular formula is C27H41F6NO3. The Labute approximate surface area is 216 Å². The molecule has 0 saturated heterocycles. The smallest absolute Gasteiger partial charge is 0.382 e. The van der Waals surface area contributed by atoms with Crippen molar-refractivity contribution in [3.8, 4) is 0 Å². The van der Waals surface area contributed by atoms with Gasteiger partial charge in [-0.15, -0.1) is 0 Å². The predicted octanol–water partition coefficient (Wildman–Crippen LogP) is 7.77. The molecule has 2 N–H and O–H groups in total. The number of carbonyl (C=O) groups is 1. The topological polar surface area (TPSA) is 70.4 Å². The third kappa shape index (κ3) is 10.6. The molecule has 2 atom stereocenters. The Kier molecular flexibility index (Phi) is 15.9. The van der Waals surface area contributed by atoms with Crippen molar-refractivity contribution >= 4 is 5.78 Å². The molecule has 0 bridgehead atoms. The molecule has 37 heavy (non-hydrogen) atoms. The molecule has 1 heterocycles. The Morgan fingerprint density at radius 2 is 1.46 bits per heavy atom. The van der Waals surface area contributed by atoms with E-state index in [4.69, 9.17) is 0 Å². The van der Waals surface area contributed by atoms with Crippen LogP contribution in [0.2, 0.25) is 0 Å². The number of hydrogen-bond acceptors (Lipinski definition) is 4. The van der Waals surface area contributed by atoms with E-state index in [-0.39, 0.29) is 17.1 Å². The summed E-state index contributed by atoms with van der Waals surface area (Å²) in [5.41, 5.74) is -3.95. The van der Waals surface area contributed by atoms with Crippen LogP contribution in [-0.2, 0) is 11.0 Å². The highest BCUT2D eigenvalue weighted by atomic mass is 19.4. The molecule has 10 heteroatoms. The number of nitrogens with zero attached hydrogens (tertiary/aromatic N) is 1. The van der Waals surface area contributed by atoms with Crippen molar-refractivity contribution in [3.63, 3.8) is 0 Å². The van der Waals surface area contributed by atoms with Crippen molar-refractivity contribution in [2.24, 2.45) is 5.92 Å². The van der Waals surface area contributed by atoms with Gasteiger partial charge in [-0.25, -0.2) is 0 Å². The van der Waals surface area contributed by atoms with E-state index in [0.717, 1.165) is 32.0 Å². The van der Waals surface area contributed by atoms with Crippen LogP contribution in [0.5, 0.6) is 0 Å². The molecule has 0 radical (unpaired) electrons. The highest BCUT2D eigenvalue weighted by Gasteiger charge is 2.63. The molecule has 0 saturated carbocycles. The number of aliphatic hydroxyl groups is 2. The van der Waals surface area contributed by atoms with E-state index in [2.05, 4.69) is 11.6 Å². The summed E-state index contributed by atoms with van der Waals surface area (Å²) in [5, 5.41) is 20.4. The number of halogens is 6. The number of rotatable bonds is 9. The zero-order valence-electron chi connectivity index (χ0n) is 22.9. The van der Waals surface area contributed by atoms with Crippen molar-refractivity contribution in [2.45, 2.75) is 105 Å². The molecule has 0 aromatic carbocycles. The molecule has 0 amide bonds. The second-order valence-electron chi connectivity index (χ2n) is 8.64. The predicted molar refractivity (Wildman–Crippen MR) is 134 cm³/mol. The van der Waals surface area contributed by atoms with E-state index in [9.17, 15) is 41.4 Å². The summed E-state index contributed by atoms with van der Waals surface area (Å²) in [6, 6.07) is 2.35. The first kappa shape index (κ1) is 37.0. The van der Waals surface area contributed by atoms with Gasteiger partial charge in [-0.05, 0) is 69.7 Å². The van der Waals surface area contributed by atoms with Crippen LogP contribution in [0.15, 0.2) is 41.6 Å². The second kappa shape index (κ2) is 15.9. The van der Waals surface area contributed by atoms with Gasteiger partial charge >= 0.3 is 12.4 Å². The number of alkyl halides is 6. The summed E-state index contributed by atoms with van der Waals surface area (Å²) in [6.07, 6.45) is -8.52. The van der Waals surface area contributed by atoms with Crippen molar-refractivity contribution in [1.29, 1.82) is 0 Å². The van der Waals surface area contributed by atoms with Gasteiger partial charge in [0.05, 0.1) is 5.56 Å². The van der Waals surface area contributed by atoms with Gasteiger partial charge in [0, 0.05) is 11.9 Å². The van der Waals surface area contributed by atoms with Gasteiger partial charge in [-0.2, -0.15) is 26.3 Å². The fraction of sp³-hybridized carbons (Fsp3) is 0.630. The first-order chi connectivity index (χ1) is 16.9. The van der Waals surface area contributed by atoms with Crippen LogP contribution in [0.3, 0.4) is 0 Å². The Morgan fingerprint density at radius 3 is 1.73 bits per heavy atom. The van der Waals surface area contributed by atoms with E-state index < -0.39 is 41.0 Å². The van der Waals surface area contributed by atoms with E-state index >= 15 is 0 Å². The molecule has 0 aliphatic carbocycles. The van der Waals surface area contributed by atoms with Crippen molar-refractivity contribution in [1.82, 2.24) is 4.98 Å². The molecule has 0 aliphatic rings. The average molecular weight is 542 g/mol. The van der Waals surface area contributed by atoms with Gasteiger partial charge in [-0.3, -0.25) is 9.78 Å². The number of aliphatic hydroxyl groups excluding tert-OH is 1. The number of aromatic nitrogens is 1. The number of Topliss-reactive ketones (excluding diaryl/α,β-unsaturated/α-hetero) is 1. The van der Waals surface area contributed by atoms with Crippen LogP contribution < -0.4 is 0 Å². The molecule has 4 nitrogen and oxygen atoms in total. The maximum absolute atomic E-state index is 13.7. The minimum absolute atomic E-state index is 0.138. The largest absolute Gasteiger partial charge is 0.424 e. The van der Waals surface area contributed by atoms with Gasteiger partial charge < -0.3 is 10.2 Å². The maximum Gasteiger partial charge on any atom is 0.424 e. The number of hydrogen-bond donors (Lipinski definition) is 2. The number of ketones is 1. The normalized spacial score (nSPS) is 13.9.